The van der Waals surface area contributed by atoms with Crippen LogP contribution in [-0.4, -0.2) is 21.5 Å². The van der Waals surface area contributed by atoms with E-state index < -0.39 is 0 Å². The standard InChI is InChI=1S/C16H13N3O2S2/c1-22-10-4-2-9(3-5-10)11-8-12(20)17-14-13(11)15(21)18-16-19(14)6-7-23-16/h2-7,11H,8H2,1H3,(H,17,20)/t11-/m0/s1. The van der Waals surface area contributed by atoms with Crippen molar-refractivity contribution in [2.45, 2.75) is 17.2 Å². The van der Waals surface area contributed by atoms with Crippen LogP contribution in [-0.2, 0) is 4.79 Å². The highest BCUT2D eigenvalue weighted by Crippen LogP contribution is 2.35. The Balaban J connectivity index is 1.93. The molecular weight excluding hydrogens is 330 g/mol. The summed E-state index contributed by atoms with van der Waals surface area (Å²) in [7, 11) is 0. The fourth-order valence-corrected chi connectivity index (χ4v) is 4.05. The summed E-state index contributed by atoms with van der Waals surface area (Å²) >= 11 is 3.04. The van der Waals surface area contributed by atoms with Crippen molar-refractivity contribution < 1.29 is 4.79 Å². The van der Waals surface area contributed by atoms with Crippen LogP contribution in [0.2, 0.25) is 0 Å². The maximum absolute atomic E-state index is 12.5. The Bertz CT molecular complexity index is 960. The zero-order valence-corrected chi connectivity index (χ0v) is 13.9. The number of carbonyl (C=O) groups excluding carboxylic acids is 1. The van der Waals surface area contributed by atoms with Gasteiger partial charge in [0.1, 0.15) is 5.82 Å². The molecule has 4 rings (SSSR count). The zero-order valence-electron chi connectivity index (χ0n) is 12.3. The molecule has 7 heteroatoms. The Labute approximate surface area is 140 Å². The van der Waals surface area contributed by atoms with Crippen LogP contribution in [0.15, 0.2) is 45.5 Å². The maximum Gasteiger partial charge on any atom is 0.279 e. The smallest absolute Gasteiger partial charge is 0.279 e. The molecule has 1 amide bonds. The summed E-state index contributed by atoms with van der Waals surface area (Å²) in [6.45, 7) is 0. The Morgan fingerprint density at radius 2 is 2.09 bits per heavy atom. The van der Waals surface area contributed by atoms with Gasteiger partial charge in [0.15, 0.2) is 4.96 Å². The summed E-state index contributed by atoms with van der Waals surface area (Å²) in [4.78, 5) is 30.6. The van der Waals surface area contributed by atoms with E-state index in [9.17, 15) is 9.59 Å². The van der Waals surface area contributed by atoms with Crippen LogP contribution in [0, 0.1) is 0 Å². The van der Waals surface area contributed by atoms with Crippen molar-refractivity contribution in [2.24, 2.45) is 0 Å². The number of rotatable bonds is 2. The second-order valence-corrected chi connectivity index (χ2v) is 7.07. The molecule has 1 aliphatic rings. The third kappa shape index (κ3) is 2.36. The number of aromatic nitrogens is 2. The van der Waals surface area contributed by atoms with Gasteiger partial charge in [0, 0.05) is 28.8 Å². The molecule has 1 atom stereocenters. The molecule has 0 radical (unpaired) electrons. The largest absolute Gasteiger partial charge is 0.311 e. The highest BCUT2D eigenvalue weighted by molar-refractivity contribution is 7.98. The van der Waals surface area contributed by atoms with Crippen LogP contribution < -0.4 is 10.9 Å². The number of nitrogens with one attached hydrogen (secondary N) is 1. The first-order valence-corrected chi connectivity index (χ1v) is 9.21. The average molecular weight is 343 g/mol. The number of hydrogen-bond acceptors (Lipinski definition) is 5. The van der Waals surface area contributed by atoms with E-state index in [1.165, 1.54) is 11.3 Å². The second-order valence-electron chi connectivity index (χ2n) is 5.31. The summed E-state index contributed by atoms with van der Waals surface area (Å²) in [5.41, 5.74) is 1.27. The minimum absolute atomic E-state index is 0.0814. The van der Waals surface area contributed by atoms with E-state index in [0.717, 1.165) is 10.5 Å². The summed E-state index contributed by atoms with van der Waals surface area (Å²) in [6.07, 6.45) is 4.10. The molecule has 2 aromatic heterocycles. The topological polar surface area (TPSA) is 63.5 Å². The fraction of sp³-hybridized carbons (Fsp3) is 0.188. The number of thioether (sulfide) groups is 1. The molecule has 1 aliphatic heterocycles. The summed E-state index contributed by atoms with van der Waals surface area (Å²) in [6, 6.07) is 8.00. The molecule has 1 aromatic carbocycles. The highest BCUT2D eigenvalue weighted by atomic mass is 32.2. The molecule has 0 bridgehead atoms. The van der Waals surface area contributed by atoms with E-state index >= 15 is 0 Å². The Morgan fingerprint density at radius 3 is 2.83 bits per heavy atom. The van der Waals surface area contributed by atoms with E-state index in [4.69, 9.17) is 0 Å². The van der Waals surface area contributed by atoms with Gasteiger partial charge >= 0.3 is 0 Å². The highest BCUT2D eigenvalue weighted by Gasteiger charge is 2.31. The van der Waals surface area contributed by atoms with Gasteiger partial charge in [-0.3, -0.25) is 14.0 Å². The van der Waals surface area contributed by atoms with Crippen LogP contribution >= 0.6 is 23.1 Å². The predicted octanol–water partition coefficient (Wildman–Crippen LogP) is 2.95. The number of thiazole rings is 1. The van der Waals surface area contributed by atoms with Gasteiger partial charge in [-0.05, 0) is 24.0 Å². The third-order valence-corrected chi connectivity index (χ3v) is 5.53. The Hall–Kier alpha value is -2.12. The lowest BCUT2D eigenvalue weighted by Crippen LogP contribution is -2.31. The van der Waals surface area contributed by atoms with Gasteiger partial charge in [-0.25, -0.2) is 0 Å². The van der Waals surface area contributed by atoms with Gasteiger partial charge in [-0.1, -0.05) is 12.1 Å². The van der Waals surface area contributed by atoms with Crippen LogP contribution in [0.4, 0.5) is 5.82 Å². The fourth-order valence-electron chi connectivity index (χ4n) is 2.93. The first kappa shape index (κ1) is 14.5. The lowest BCUT2D eigenvalue weighted by Gasteiger charge is -2.25. The Morgan fingerprint density at radius 1 is 1.30 bits per heavy atom. The molecule has 0 spiro atoms. The molecule has 0 saturated heterocycles. The maximum atomic E-state index is 12.5. The summed E-state index contributed by atoms with van der Waals surface area (Å²) in [5.74, 6) is 0.213. The molecule has 0 saturated carbocycles. The van der Waals surface area contributed by atoms with Crippen molar-refractivity contribution in [3.8, 4) is 0 Å². The van der Waals surface area contributed by atoms with E-state index in [1.54, 1.807) is 16.2 Å². The van der Waals surface area contributed by atoms with Crippen LogP contribution in [0.25, 0.3) is 4.96 Å². The molecular formula is C16H13N3O2S2. The number of amides is 1. The van der Waals surface area contributed by atoms with Gasteiger partial charge < -0.3 is 5.32 Å². The Kier molecular flexibility index (Phi) is 3.46. The number of carbonyl (C=O) groups is 1. The van der Waals surface area contributed by atoms with Crippen molar-refractivity contribution in [1.82, 2.24) is 9.38 Å². The van der Waals surface area contributed by atoms with E-state index in [1.807, 2.05) is 42.1 Å². The van der Waals surface area contributed by atoms with Crippen molar-refractivity contribution in [1.29, 1.82) is 0 Å². The van der Waals surface area contributed by atoms with E-state index in [2.05, 4.69) is 10.3 Å². The summed E-state index contributed by atoms with van der Waals surface area (Å²) < 4.78 is 1.78. The zero-order chi connectivity index (χ0) is 16.0. The number of benzene rings is 1. The molecule has 1 N–H and O–H groups in total. The average Bonchev–Trinajstić information content (AvgIpc) is 3.02. The van der Waals surface area contributed by atoms with Crippen molar-refractivity contribution in [2.75, 3.05) is 11.6 Å². The molecule has 3 heterocycles. The van der Waals surface area contributed by atoms with Gasteiger partial charge in [0.2, 0.25) is 5.91 Å². The monoisotopic (exact) mass is 343 g/mol. The van der Waals surface area contributed by atoms with Crippen LogP contribution in [0.5, 0.6) is 0 Å². The molecule has 0 unspecified atom stereocenters. The number of fused-ring (bicyclic) bond motifs is 3. The second kappa shape index (κ2) is 5.50. The first-order chi connectivity index (χ1) is 11.2. The van der Waals surface area contributed by atoms with Crippen molar-refractivity contribution in [3.63, 3.8) is 0 Å². The van der Waals surface area contributed by atoms with Gasteiger partial charge in [-0.15, -0.1) is 23.1 Å². The molecule has 116 valence electrons. The van der Waals surface area contributed by atoms with Gasteiger partial charge in [0.05, 0.1) is 5.56 Å². The predicted molar refractivity (Wildman–Crippen MR) is 92.7 cm³/mol. The number of nitrogens with zero attached hydrogens (tertiary/aromatic N) is 2. The first-order valence-electron chi connectivity index (χ1n) is 7.11. The molecule has 5 nitrogen and oxygen atoms in total. The van der Waals surface area contributed by atoms with Crippen LogP contribution in [0.1, 0.15) is 23.5 Å². The van der Waals surface area contributed by atoms with Crippen LogP contribution in [0.3, 0.4) is 0 Å². The van der Waals surface area contributed by atoms with E-state index in [-0.39, 0.29) is 23.8 Å². The van der Waals surface area contributed by atoms with Gasteiger partial charge in [0.25, 0.3) is 5.56 Å². The SMILES string of the molecule is CSc1ccc([C@@H]2CC(=O)Nc3c2c(=O)nc2sccn32)cc1. The lowest BCUT2D eigenvalue weighted by molar-refractivity contribution is -0.116. The normalized spacial score (nSPS) is 17.1. The third-order valence-electron chi connectivity index (χ3n) is 4.03. The lowest BCUT2D eigenvalue weighted by atomic mass is 9.87. The van der Waals surface area contributed by atoms with E-state index in [0.29, 0.717) is 16.3 Å². The van der Waals surface area contributed by atoms with Gasteiger partial charge in [-0.2, -0.15) is 4.98 Å². The number of hydrogen-bond donors (Lipinski definition) is 1. The molecule has 0 fully saturated rings. The minimum atomic E-state index is -0.263. The van der Waals surface area contributed by atoms with Crippen molar-refractivity contribution >= 4 is 39.8 Å². The quantitative estimate of drug-likeness (QED) is 0.727. The number of anilines is 1. The molecule has 3 aromatic rings. The molecule has 0 aliphatic carbocycles. The van der Waals surface area contributed by atoms with Crippen molar-refractivity contribution in [3.05, 3.63) is 57.3 Å². The minimum Gasteiger partial charge on any atom is -0.311 e. The molecule has 23 heavy (non-hydrogen) atoms. The summed E-state index contributed by atoms with van der Waals surface area (Å²) in [5, 5.41) is 4.69.